The van der Waals surface area contributed by atoms with Crippen LogP contribution in [0.4, 0.5) is 4.39 Å². The van der Waals surface area contributed by atoms with Gasteiger partial charge in [0.25, 0.3) is 0 Å². The molecule has 0 amide bonds. The Balaban J connectivity index is 2.09. The first-order valence-corrected chi connectivity index (χ1v) is 7.58. The maximum atomic E-state index is 13.6. The molecule has 0 aliphatic heterocycles. The number of halogens is 3. The zero-order valence-electron chi connectivity index (χ0n) is 12.3. The predicted molar refractivity (Wildman–Crippen MR) is 87.6 cm³/mol. The predicted octanol–water partition coefficient (Wildman–Crippen LogP) is 5.60. The summed E-state index contributed by atoms with van der Waals surface area (Å²) in [6.07, 6.45) is 0. The van der Waals surface area contributed by atoms with Crippen molar-refractivity contribution in [2.75, 3.05) is 0 Å². The number of benzene rings is 2. The molecule has 0 bridgehead atoms. The molecule has 0 saturated heterocycles. The first kappa shape index (κ1) is 16.3. The van der Waals surface area contributed by atoms with Gasteiger partial charge in [-0.05, 0) is 55.2 Å². The smallest absolute Gasteiger partial charge is 0.129 e. The minimum Gasteiger partial charge on any atom is -0.306 e. The van der Waals surface area contributed by atoms with E-state index in [1.54, 1.807) is 19.9 Å². The molecule has 0 aliphatic carbocycles. The van der Waals surface area contributed by atoms with Crippen molar-refractivity contribution < 1.29 is 4.39 Å². The van der Waals surface area contributed by atoms with Gasteiger partial charge in [0.1, 0.15) is 5.82 Å². The lowest BCUT2D eigenvalue weighted by Gasteiger charge is -2.16. The molecule has 2 aromatic rings. The fourth-order valence-electron chi connectivity index (χ4n) is 2.37. The quantitative estimate of drug-likeness (QED) is 0.771. The van der Waals surface area contributed by atoms with Crippen LogP contribution in [0.2, 0.25) is 10.0 Å². The normalized spacial score (nSPS) is 12.5. The second kappa shape index (κ2) is 6.78. The molecule has 21 heavy (non-hydrogen) atoms. The summed E-state index contributed by atoms with van der Waals surface area (Å²) in [6.45, 7) is 6.26. The Kier molecular flexibility index (Phi) is 5.26. The molecular weight excluding hydrogens is 308 g/mol. The second-order valence-corrected chi connectivity index (χ2v) is 6.16. The molecule has 1 unspecified atom stereocenters. The summed E-state index contributed by atoms with van der Waals surface area (Å²) in [5.41, 5.74) is 3.40. The fourth-order valence-corrected chi connectivity index (χ4v) is 2.94. The standard InChI is InChI=1S/C17H18Cl2FN/c1-10-6-13(7-11(2)17(10)20)9-21-12(3)15-5-4-14(18)8-16(15)19/h4-8,12,21H,9H2,1-3H3. The van der Waals surface area contributed by atoms with E-state index in [0.29, 0.717) is 27.7 Å². The first-order chi connectivity index (χ1) is 9.88. The summed E-state index contributed by atoms with van der Waals surface area (Å²) in [7, 11) is 0. The zero-order valence-corrected chi connectivity index (χ0v) is 13.8. The summed E-state index contributed by atoms with van der Waals surface area (Å²) in [5, 5.41) is 4.67. The Morgan fingerprint density at radius 1 is 1.10 bits per heavy atom. The van der Waals surface area contributed by atoms with Gasteiger partial charge in [-0.2, -0.15) is 0 Å². The number of hydrogen-bond acceptors (Lipinski definition) is 1. The highest BCUT2D eigenvalue weighted by Gasteiger charge is 2.10. The number of rotatable bonds is 4. The molecule has 1 atom stereocenters. The van der Waals surface area contributed by atoms with E-state index in [2.05, 4.69) is 5.32 Å². The summed E-state index contributed by atoms with van der Waals surface area (Å²) in [6, 6.07) is 9.30. The van der Waals surface area contributed by atoms with E-state index in [0.717, 1.165) is 11.1 Å². The van der Waals surface area contributed by atoms with E-state index in [1.807, 2.05) is 31.2 Å². The molecule has 0 heterocycles. The van der Waals surface area contributed by atoms with E-state index in [4.69, 9.17) is 23.2 Å². The molecule has 0 aliphatic rings. The SMILES string of the molecule is Cc1cc(CNC(C)c2ccc(Cl)cc2Cl)cc(C)c1F. The topological polar surface area (TPSA) is 12.0 Å². The van der Waals surface area contributed by atoms with E-state index >= 15 is 0 Å². The third-order valence-electron chi connectivity index (χ3n) is 3.54. The van der Waals surface area contributed by atoms with E-state index in [9.17, 15) is 4.39 Å². The van der Waals surface area contributed by atoms with Crippen LogP contribution in [0, 0.1) is 19.7 Å². The fraction of sp³-hybridized carbons (Fsp3) is 0.294. The molecule has 2 aromatic carbocycles. The zero-order chi connectivity index (χ0) is 15.6. The Morgan fingerprint density at radius 3 is 2.29 bits per heavy atom. The molecule has 2 rings (SSSR count). The Bertz CT molecular complexity index is 632. The largest absolute Gasteiger partial charge is 0.306 e. The molecule has 4 heteroatoms. The van der Waals surface area contributed by atoms with Crippen molar-refractivity contribution in [1.29, 1.82) is 0 Å². The van der Waals surface area contributed by atoms with Crippen LogP contribution in [0.5, 0.6) is 0 Å². The van der Waals surface area contributed by atoms with Crippen LogP contribution in [0.3, 0.4) is 0 Å². The third kappa shape index (κ3) is 3.97. The molecule has 0 aromatic heterocycles. The lowest BCUT2D eigenvalue weighted by molar-refractivity contribution is 0.570. The van der Waals surface area contributed by atoms with Gasteiger partial charge in [0.2, 0.25) is 0 Å². The van der Waals surface area contributed by atoms with Gasteiger partial charge in [0, 0.05) is 22.6 Å². The van der Waals surface area contributed by atoms with Gasteiger partial charge in [0.15, 0.2) is 0 Å². The van der Waals surface area contributed by atoms with Crippen LogP contribution in [0.1, 0.15) is 35.2 Å². The van der Waals surface area contributed by atoms with Gasteiger partial charge in [-0.1, -0.05) is 41.4 Å². The van der Waals surface area contributed by atoms with Crippen molar-refractivity contribution in [2.24, 2.45) is 0 Å². The van der Waals surface area contributed by atoms with Gasteiger partial charge in [-0.15, -0.1) is 0 Å². The highest BCUT2D eigenvalue weighted by Crippen LogP contribution is 2.26. The average Bonchev–Trinajstić information content (AvgIpc) is 2.42. The van der Waals surface area contributed by atoms with Crippen LogP contribution in [-0.4, -0.2) is 0 Å². The minimum absolute atomic E-state index is 0.0837. The highest BCUT2D eigenvalue weighted by atomic mass is 35.5. The lowest BCUT2D eigenvalue weighted by atomic mass is 10.0. The van der Waals surface area contributed by atoms with Crippen LogP contribution in [0.15, 0.2) is 30.3 Å². The molecule has 0 saturated carbocycles. The van der Waals surface area contributed by atoms with Crippen molar-refractivity contribution >= 4 is 23.2 Å². The van der Waals surface area contributed by atoms with Crippen LogP contribution in [0.25, 0.3) is 0 Å². The second-order valence-electron chi connectivity index (χ2n) is 5.31. The number of aryl methyl sites for hydroxylation is 2. The lowest BCUT2D eigenvalue weighted by Crippen LogP contribution is -2.18. The van der Waals surface area contributed by atoms with Gasteiger partial charge >= 0.3 is 0 Å². The summed E-state index contributed by atoms with van der Waals surface area (Å²) < 4.78 is 13.6. The van der Waals surface area contributed by atoms with Crippen LogP contribution >= 0.6 is 23.2 Å². The number of hydrogen-bond donors (Lipinski definition) is 1. The Hall–Kier alpha value is -1.09. The maximum absolute atomic E-state index is 13.6. The van der Waals surface area contributed by atoms with E-state index in [1.165, 1.54) is 0 Å². The molecule has 1 N–H and O–H groups in total. The molecule has 0 spiro atoms. The Morgan fingerprint density at radius 2 is 1.71 bits per heavy atom. The van der Waals surface area contributed by atoms with E-state index in [-0.39, 0.29) is 11.9 Å². The first-order valence-electron chi connectivity index (χ1n) is 6.82. The van der Waals surface area contributed by atoms with Gasteiger partial charge < -0.3 is 5.32 Å². The number of nitrogens with one attached hydrogen (secondary N) is 1. The average molecular weight is 326 g/mol. The van der Waals surface area contributed by atoms with Gasteiger partial charge in [-0.3, -0.25) is 0 Å². The van der Waals surface area contributed by atoms with Crippen molar-refractivity contribution in [1.82, 2.24) is 5.32 Å². The summed E-state index contributed by atoms with van der Waals surface area (Å²) in [4.78, 5) is 0. The molecule has 0 fully saturated rings. The van der Waals surface area contributed by atoms with Crippen LogP contribution < -0.4 is 5.32 Å². The van der Waals surface area contributed by atoms with Crippen molar-refractivity contribution in [2.45, 2.75) is 33.4 Å². The third-order valence-corrected chi connectivity index (χ3v) is 4.10. The molecule has 1 nitrogen and oxygen atoms in total. The van der Waals surface area contributed by atoms with E-state index < -0.39 is 0 Å². The summed E-state index contributed by atoms with van der Waals surface area (Å²) in [5.74, 6) is -0.132. The molecule has 112 valence electrons. The minimum atomic E-state index is -0.132. The maximum Gasteiger partial charge on any atom is 0.129 e. The van der Waals surface area contributed by atoms with Gasteiger partial charge in [0.05, 0.1) is 0 Å². The van der Waals surface area contributed by atoms with Gasteiger partial charge in [-0.25, -0.2) is 4.39 Å². The van der Waals surface area contributed by atoms with Crippen LogP contribution in [-0.2, 0) is 6.54 Å². The summed E-state index contributed by atoms with van der Waals surface area (Å²) >= 11 is 12.1. The highest BCUT2D eigenvalue weighted by molar-refractivity contribution is 6.35. The van der Waals surface area contributed by atoms with Crippen molar-refractivity contribution in [3.8, 4) is 0 Å². The van der Waals surface area contributed by atoms with Crippen molar-refractivity contribution in [3.63, 3.8) is 0 Å². The van der Waals surface area contributed by atoms with Crippen molar-refractivity contribution in [3.05, 3.63) is 68.4 Å². The molecule has 0 radical (unpaired) electrons. The monoisotopic (exact) mass is 325 g/mol. The Labute approximate surface area is 135 Å². The molecular formula is C17H18Cl2FN.